The first-order chi connectivity index (χ1) is 15.1. The Kier molecular flexibility index (Phi) is 10.9. The first-order valence-corrected chi connectivity index (χ1v) is 10.6. The molecule has 0 fully saturated rings. The van der Waals surface area contributed by atoms with E-state index in [1.165, 1.54) is 31.4 Å². The van der Waals surface area contributed by atoms with Crippen LogP contribution in [0.2, 0.25) is 0 Å². The van der Waals surface area contributed by atoms with Gasteiger partial charge in [-0.3, -0.25) is 0 Å². The second kappa shape index (κ2) is 14.0. The molecule has 0 aliphatic carbocycles. The van der Waals surface area contributed by atoms with E-state index in [9.17, 15) is 14.7 Å². The minimum Gasteiger partial charge on any atom is -0.494 e. The summed E-state index contributed by atoms with van der Waals surface area (Å²) in [5.41, 5.74) is 0.265. The summed E-state index contributed by atoms with van der Waals surface area (Å²) in [6, 6.07) is 12.7. The summed E-state index contributed by atoms with van der Waals surface area (Å²) in [7, 11) is 0. The maximum absolute atomic E-state index is 12.3. The third kappa shape index (κ3) is 9.05. The van der Waals surface area contributed by atoms with Gasteiger partial charge in [0.1, 0.15) is 17.1 Å². The molecule has 0 atom stereocenters. The van der Waals surface area contributed by atoms with E-state index in [4.69, 9.17) is 14.2 Å². The first-order valence-electron chi connectivity index (χ1n) is 10.6. The van der Waals surface area contributed by atoms with Crippen LogP contribution in [0.1, 0.15) is 59.2 Å². The van der Waals surface area contributed by atoms with E-state index in [-0.39, 0.29) is 11.3 Å². The molecule has 0 aliphatic rings. The number of benzene rings is 2. The number of ether oxygens (including phenoxy) is 3. The van der Waals surface area contributed by atoms with Crippen molar-refractivity contribution in [3.05, 3.63) is 72.3 Å². The van der Waals surface area contributed by atoms with E-state index >= 15 is 0 Å². The molecule has 0 unspecified atom stereocenters. The molecule has 0 radical (unpaired) electrons. The van der Waals surface area contributed by atoms with E-state index in [1.807, 2.05) is 0 Å². The zero-order valence-corrected chi connectivity index (χ0v) is 17.8. The lowest BCUT2D eigenvalue weighted by molar-refractivity contribution is 0.0681. The lowest BCUT2D eigenvalue weighted by atomic mass is 10.1. The normalized spacial score (nSPS) is 10.5. The van der Waals surface area contributed by atoms with Crippen molar-refractivity contribution in [2.45, 2.75) is 38.5 Å². The fraction of sp³-hybridized carbons (Fsp3) is 0.360. The Morgan fingerprint density at radius 2 is 1.52 bits per heavy atom. The van der Waals surface area contributed by atoms with Crippen LogP contribution < -0.4 is 9.47 Å². The van der Waals surface area contributed by atoms with Crippen LogP contribution in [0.4, 0.5) is 0 Å². The number of carbonyl (C=O) groups is 2. The van der Waals surface area contributed by atoms with Gasteiger partial charge in [-0.15, -0.1) is 6.58 Å². The fourth-order valence-electron chi connectivity index (χ4n) is 2.95. The molecule has 0 saturated heterocycles. The van der Waals surface area contributed by atoms with Gasteiger partial charge >= 0.3 is 11.9 Å². The van der Waals surface area contributed by atoms with E-state index < -0.39 is 11.9 Å². The van der Waals surface area contributed by atoms with E-state index in [2.05, 4.69) is 6.58 Å². The molecule has 2 aromatic rings. The second-order valence-corrected chi connectivity index (χ2v) is 7.05. The molecule has 0 spiro atoms. The number of rotatable bonds is 15. The molecule has 6 heteroatoms. The summed E-state index contributed by atoms with van der Waals surface area (Å²) in [4.78, 5) is 23.5. The minimum absolute atomic E-state index is 0.0182. The summed E-state index contributed by atoms with van der Waals surface area (Å²) in [5, 5.41) is 9.17. The monoisotopic (exact) mass is 426 g/mol. The Labute approximate surface area is 183 Å². The number of carboxylic acid groups (broad SMARTS) is 1. The number of aromatic carboxylic acids is 1. The number of para-hydroxylation sites is 1. The van der Waals surface area contributed by atoms with Gasteiger partial charge in [-0.2, -0.15) is 0 Å². The molecule has 0 amide bonds. The third-order valence-electron chi connectivity index (χ3n) is 4.60. The van der Waals surface area contributed by atoms with Crippen LogP contribution in [-0.2, 0) is 4.74 Å². The Hall–Kier alpha value is -3.12. The van der Waals surface area contributed by atoms with Crippen molar-refractivity contribution < 1.29 is 28.9 Å². The maximum atomic E-state index is 12.3. The van der Waals surface area contributed by atoms with Crippen molar-refractivity contribution in [1.29, 1.82) is 0 Å². The predicted octanol–water partition coefficient (Wildman–Crippen LogP) is 5.53. The van der Waals surface area contributed by atoms with Gasteiger partial charge in [0.2, 0.25) is 0 Å². The SMILES string of the molecule is C=CCOCCCCCCCCOc1ccc(C(=O)Oc2ccccc2C(=O)O)cc1. The average molecular weight is 427 g/mol. The quantitative estimate of drug-likeness (QED) is 0.175. The van der Waals surface area contributed by atoms with Gasteiger partial charge in [0.25, 0.3) is 0 Å². The number of esters is 1. The summed E-state index contributed by atoms with van der Waals surface area (Å²) < 4.78 is 16.3. The number of carboxylic acids is 1. The lowest BCUT2D eigenvalue weighted by Crippen LogP contribution is -2.11. The molecule has 0 aliphatic heterocycles. The lowest BCUT2D eigenvalue weighted by Gasteiger charge is -2.09. The van der Waals surface area contributed by atoms with Gasteiger partial charge in [0.05, 0.1) is 18.8 Å². The molecule has 31 heavy (non-hydrogen) atoms. The van der Waals surface area contributed by atoms with Crippen molar-refractivity contribution in [3.63, 3.8) is 0 Å². The molecule has 2 rings (SSSR count). The molecule has 0 bridgehead atoms. The van der Waals surface area contributed by atoms with Gasteiger partial charge in [0, 0.05) is 6.61 Å². The molecule has 2 aromatic carbocycles. The summed E-state index contributed by atoms with van der Waals surface area (Å²) in [5.74, 6) is -1.06. The van der Waals surface area contributed by atoms with Gasteiger partial charge in [-0.25, -0.2) is 9.59 Å². The van der Waals surface area contributed by atoms with Gasteiger partial charge < -0.3 is 19.3 Å². The molecule has 0 aromatic heterocycles. The van der Waals surface area contributed by atoms with Crippen LogP contribution in [0.3, 0.4) is 0 Å². The average Bonchev–Trinajstić information content (AvgIpc) is 2.78. The second-order valence-electron chi connectivity index (χ2n) is 7.05. The maximum Gasteiger partial charge on any atom is 0.343 e. The summed E-state index contributed by atoms with van der Waals surface area (Å²) >= 11 is 0. The number of hydrogen-bond donors (Lipinski definition) is 1. The van der Waals surface area contributed by atoms with E-state index in [0.29, 0.717) is 24.5 Å². The van der Waals surface area contributed by atoms with Gasteiger partial charge in [0.15, 0.2) is 0 Å². The highest BCUT2D eigenvalue weighted by molar-refractivity contribution is 5.95. The molecule has 0 saturated carbocycles. The third-order valence-corrected chi connectivity index (χ3v) is 4.60. The molecule has 0 heterocycles. The molecular formula is C25H30O6. The highest BCUT2D eigenvalue weighted by atomic mass is 16.5. The summed E-state index contributed by atoms with van der Waals surface area (Å²) in [6.07, 6.45) is 8.48. The molecular weight excluding hydrogens is 396 g/mol. The topological polar surface area (TPSA) is 82.1 Å². The van der Waals surface area contributed by atoms with Crippen molar-refractivity contribution in [2.24, 2.45) is 0 Å². The largest absolute Gasteiger partial charge is 0.494 e. The smallest absolute Gasteiger partial charge is 0.343 e. The number of unbranched alkanes of at least 4 members (excludes halogenated alkanes) is 5. The Bertz CT molecular complexity index is 828. The molecule has 166 valence electrons. The Morgan fingerprint density at radius 1 is 0.871 bits per heavy atom. The Balaban J connectivity index is 1.65. The molecule has 1 N–H and O–H groups in total. The van der Waals surface area contributed by atoms with Crippen LogP contribution in [0.25, 0.3) is 0 Å². The van der Waals surface area contributed by atoms with Crippen molar-refractivity contribution in [3.8, 4) is 11.5 Å². The van der Waals surface area contributed by atoms with Crippen LogP contribution in [0, 0.1) is 0 Å². The van der Waals surface area contributed by atoms with Crippen LogP contribution in [0.15, 0.2) is 61.2 Å². The Morgan fingerprint density at radius 3 is 2.19 bits per heavy atom. The number of carbonyl (C=O) groups excluding carboxylic acids is 1. The van der Waals surface area contributed by atoms with Crippen molar-refractivity contribution in [1.82, 2.24) is 0 Å². The predicted molar refractivity (Wildman–Crippen MR) is 119 cm³/mol. The molecule has 6 nitrogen and oxygen atoms in total. The van der Waals surface area contributed by atoms with Gasteiger partial charge in [-0.1, -0.05) is 43.9 Å². The van der Waals surface area contributed by atoms with E-state index in [1.54, 1.807) is 42.5 Å². The van der Waals surface area contributed by atoms with Gasteiger partial charge in [-0.05, 0) is 49.2 Å². The minimum atomic E-state index is -1.15. The number of hydrogen-bond acceptors (Lipinski definition) is 5. The van der Waals surface area contributed by atoms with Crippen LogP contribution >= 0.6 is 0 Å². The highest BCUT2D eigenvalue weighted by Crippen LogP contribution is 2.20. The zero-order chi connectivity index (χ0) is 22.3. The summed E-state index contributed by atoms with van der Waals surface area (Å²) in [6.45, 7) is 5.66. The van der Waals surface area contributed by atoms with E-state index in [0.717, 1.165) is 25.9 Å². The zero-order valence-electron chi connectivity index (χ0n) is 17.8. The van der Waals surface area contributed by atoms with Crippen molar-refractivity contribution >= 4 is 11.9 Å². The standard InChI is InChI=1S/C25H30O6/c1-2-17-29-18-9-5-3-4-6-10-19-30-21-15-13-20(14-16-21)25(28)31-23-12-8-7-11-22(23)24(26)27/h2,7-8,11-16H,1,3-6,9-10,17-19H2,(H,26,27). The van der Waals surface area contributed by atoms with Crippen LogP contribution in [0.5, 0.6) is 11.5 Å². The highest BCUT2D eigenvalue weighted by Gasteiger charge is 2.15. The first kappa shape index (κ1) is 24.2. The fourth-order valence-corrected chi connectivity index (χ4v) is 2.95. The van der Waals surface area contributed by atoms with Crippen molar-refractivity contribution in [2.75, 3.05) is 19.8 Å². The van der Waals surface area contributed by atoms with Crippen LogP contribution in [-0.4, -0.2) is 36.9 Å².